The third-order valence-electron chi connectivity index (χ3n) is 2.79. The predicted octanol–water partition coefficient (Wildman–Crippen LogP) is 5.36. The molecule has 0 atom stereocenters. The van der Waals surface area contributed by atoms with Gasteiger partial charge in [0.15, 0.2) is 0 Å². The molecule has 0 radical (unpaired) electrons. The number of hydrogen-bond acceptors (Lipinski definition) is 1. The maximum Gasteiger partial charge on any atom is 0.0469 e. The van der Waals surface area contributed by atoms with Gasteiger partial charge in [-0.25, -0.2) is 0 Å². The number of rotatable bonds is 0. The monoisotopic (exact) mass is 349 g/mol. The normalized spacial score (nSPS) is 13.5. The Hall–Kier alpha value is -1.06. The number of halogens is 2. The Bertz CT molecular complexity index is 564. The van der Waals surface area contributed by atoms with E-state index in [-0.39, 0.29) is 0 Å². The van der Waals surface area contributed by atoms with Crippen LogP contribution in [0.4, 0.5) is 11.4 Å². The fourth-order valence-corrected chi connectivity index (χ4v) is 3.07. The Balaban J connectivity index is 2.33. The Morgan fingerprint density at radius 3 is 1.53 bits per heavy atom. The fraction of sp³-hybridized carbons (Fsp3) is 0. The lowest BCUT2D eigenvalue weighted by Gasteiger charge is -2.09. The van der Waals surface area contributed by atoms with Crippen LogP contribution in [0.1, 0.15) is 11.1 Å². The summed E-state index contributed by atoms with van der Waals surface area (Å²) in [4.78, 5) is 0. The van der Waals surface area contributed by atoms with E-state index >= 15 is 0 Å². The first-order valence-electron chi connectivity index (χ1n) is 5.28. The van der Waals surface area contributed by atoms with Crippen molar-refractivity contribution in [3.8, 4) is 0 Å². The van der Waals surface area contributed by atoms with Crippen LogP contribution in [0, 0.1) is 0 Å². The van der Waals surface area contributed by atoms with Gasteiger partial charge in [0, 0.05) is 31.5 Å². The Morgan fingerprint density at radius 1 is 0.647 bits per heavy atom. The van der Waals surface area contributed by atoms with E-state index in [9.17, 15) is 0 Å². The molecule has 0 fully saturated rings. The Morgan fingerprint density at radius 2 is 1.06 bits per heavy atom. The van der Waals surface area contributed by atoms with Crippen molar-refractivity contribution in [2.75, 3.05) is 5.32 Å². The van der Waals surface area contributed by atoms with E-state index in [2.05, 4.69) is 61.4 Å². The van der Waals surface area contributed by atoms with Gasteiger partial charge in [-0.1, -0.05) is 36.4 Å². The number of para-hydroxylation sites is 2. The summed E-state index contributed by atoms with van der Waals surface area (Å²) in [6.07, 6.45) is 0. The van der Waals surface area contributed by atoms with Crippen LogP contribution in [-0.2, 0) is 0 Å². The zero-order valence-corrected chi connectivity index (χ0v) is 12.0. The average molecular weight is 351 g/mol. The number of anilines is 2. The van der Waals surface area contributed by atoms with Crippen LogP contribution in [0.3, 0.4) is 0 Å². The minimum absolute atomic E-state index is 1.07. The quantitative estimate of drug-likeness (QED) is 0.674. The van der Waals surface area contributed by atoms with Gasteiger partial charge in [-0.3, -0.25) is 0 Å². The molecule has 1 N–H and O–H groups in total. The van der Waals surface area contributed by atoms with Crippen LogP contribution in [0.25, 0.3) is 8.96 Å². The second-order valence-electron chi connectivity index (χ2n) is 3.84. The van der Waals surface area contributed by atoms with E-state index in [0.29, 0.717) is 0 Å². The molecule has 0 bridgehead atoms. The highest BCUT2D eigenvalue weighted by molar-refractivity contribution is 9.18. The first kappa shape index (κ1) is 11.1. The van der Waals surface area contributed by atoms with Crippen molar-refractivity contribution in [1.29, 1.82) is 0 Å². The van der Waals surface area contributed by atoms with Crippen LogP contribution in [0.5, 0.6) is 0 Å². The molecular formula is C14H9Br2N. The Labute approximate surface area is 117 Å². The molecule has 2 aromatic carbocycles. The summed E-state index contributed by atoms with van der Waals surface area (Å²) in [6, 6.07) is 16.5. The highest BCUT2D eigenvalue weighted by Gasteiger charge is 2.17. The van der Waals surface area contributed by atoms with Crippen molar-refractivity contribution >= 4 is 52.2 Å². The average Bonchev–Trinajstić information content (AvgIpc) is 2.48. The van der Waals surface area contributed by atoms with Gasteiger partial charge in [-0.2, -0.15) is 0 Å². The largest absolute Gasteiger partial charge is 0.354 e. The number of nitrogens with one attached hydrogen (secondary N) is 1. The molecule has 1 aliphatic rings. The molecule has 2 aromatic rings. The summed E-state index contributed by atoms with van der Waals surface area (Å²) in [7, 11) is 0. The zero-order chi connectivity index (χ0) is 11.8. The third kappa shape index (κ3) is 1.83. The van der Waals surface area contributed by atoms with Gasteiger partial charge in [0.2, 0.25) is 0 Å². The molecule has 0 saturated carbocycles. The van der Waals surface area contributed by atoms with Crippen molar-refractivity contribution in [3.05, 3.63) is 59.7 Å². The summed E-state index contributed by atoms with van der Waals surface area (Å²) >= 11 is 7.33. The molecule has 3 rings (SSSR count). The molecule has 0 saturated heterocycles. The highest BCUT2D eigenvalue weighted by Crippen LogP contribution is 2.44. The molecule has 3 heteroatoms. The molecule has 0 unspecified atom stereocenters. The molecule has 17 heavy (non-hydrogen) atoms. The van der Waals surface area contributed by atoms with Crippen LogP contribution < -0.4 is 5.32 Å². The van der Waals surface area contributed by atoms with Gasteiger partial charge in [0.05, 0.1) is 0 Å². The van der Waals surface area contributed by atoms with Gasteiger partial charge in [-0.05, 0) is 44.0 Å². The lowest BCUT2D eigenvalue weighted by molar-refractivity contribution is 1.53. The van der Waals surface area contributed by atoms with Gasteiger partial charge >= 0.3 is 0 Å². The lowest BCUT2D eigenvalue weighted by Crippen LogP contribution is -1.92. The Kier molecular flexibility index (Phi) is 2.81. The van der Waals surface area contributed by atoms with Gasteiger partial charge in [-0.15, -0.1) is 0 Å². The second-order valence-corrected chi connectivity index (χ2v) is 5.43. The smallest absolute Gasteiger partial charge is 0.0469 e. The number of benzene rings is 2. The minimum atomic E-state index is 1.07. The van der Waals surface area contributed by atoms with Crippen molar-refractivity contribution in [3.63, 3.8) is 0 Å². The molecule has 0 spiro atoms. The van der Waals surface area contributed by atoms with E-state index in [4.69, 9.17) is 0 Å². The lowest BCUT2D eigenvalue weighted by atomic mass is 10.1. The van der Waals surface area contributed by atoms with E-state index in [1.807, 2.05) is 24.3 Å². The summed E-state index contributed by atoms with van der Waals surface area (Å²) < 4.78 is 2.15. The summed E-state index contributed by atoms with van der Waals surface area (Å²) in [5.74, 6) is 0. The summed E-state index contributed by atoms with van der Waals surface area (Å²) in [5, 5.41) is 3.46. The third-order valence-corrected chi connectivity index (χ3v) is 4.97. The summed E-state index contributed by atoms with van der Waals surface area (Å²) in [5.41, 5.74) is 4.55. The molecule has 1 aliphatic heterocycles. The standard InChI is InChI=1S/C14H9Br2N/c15-13-9-5-1-3-7-11(9)17-12-8-4-2-6-10(12)14(13)16/h1-8,17H. The van der Waals surface area contributed by atoms with Crippen molar-refractivity contribution in [1.82, 2.24) is 0 Å². The first-order valence-corrected chi connectivity index (χ1v) is 6.87. The van der Waals surface area contributed by atoms with Crippen LogP contribution in [0.15, 0.2) is 48.5 Å². The van der Waals surface area contributed by atoms with Gasteiger partial charge in [0.25, 0.3) is 0 Å². The maximum atomic E-state index is 3.67. The minimum Gasteiger partial charge on any atom is -0.354 e. The molecule has 1 nitrogen and oxygen atoms in total. The van der Waals surface area contributed by atoms with Crippen molar-refractivity contribution in [2.24, 2.45) is 0 Å². The molecule has 0 aliphatic carbocycles. The van der Waals surface area contributed by atoms with Crippen LogP contribution >= 0.6 is 31.9 Å². The first-order chi connectivity index (χ1) is 8.27. The molecule has 84 valence electrons. The number of hydrogen-bond donors (Lipinski definition) is 1. The van der Waals surface area contributed by atoms with E-state index in [1.165, 1.54) is 0 Å². The maximum absolute atomic E-state index is 3.67. The predicted molar refractivity (Wildman–Crippen MR) is 80.8 cm³/mol. The van der Waals surface area contributed by atoms with Gasteiger partial charge < -0.3 is 5.32 Å². The topological polar surface area (TPSA) is 12.0 Å². The van der Waals surface area contributed by atoms with E-state index in [0.717, 1.165) is 31.5 Å². The SMILES string of the molecule is BrC1=C(Br)c2ccccc2Nc2ccccc21. The van der Waals surface area contributed by atoms with E-state index < -0.39 is 0 Å². The van der Waals surface area contributed by atoms with E-state index in [1.54, 1.807) is 0 Å². The van der Waals surface area contributed by atoms with Crippen molar-refractivity contribution < 1.29 is 0 Å². The molecule has 0 amide bonds. The fourth-order valence-electron chi connectivity index (χ4n) is 1.95. The second kappa shape index (κ2) is 4.31. The highest BCUT2D eigenvalue weighted by atomic mass is 79.9. The van der Waals surface area contributed by atoms with Crippen molar-refractivity contribution in [2.45, 2.75) is 0 Å². The van der Waals surface area contributed by atoms with Gasteiger partial charge in [0.1, 0.15) is 0 Å². The molecular weight excluding hydrogens is 342 g/mol. The summed E-state index contributed by atoms with van der Waals surface area (Å²) in [6.45, 7) is 0. The zero-order valence-electron chi connectivity index (χ0n) is 8.87. The van der Waals surface area contributed by atoms with Crippen LogP contribution in [-0.4, -0.2) is 0 Å². The number of fused-ring (bicyclic) bond motifs is 2. The molecule has 0 aromatic heterocycles. The van der Waals surface area contributed by atoms with Crippen LogP contribution in [0.2, 0.25) is 0 Å². The molecule has 1 heterocycles.